The molecular formula is C60H60N12O14. The summed E-state index contributed by atoms with van der Waals surface area (Å²) in [5.41, 5.74) is -0.458. The van der Waals surface area contributed by atoms with E-state index in [4.69, 9.17) is 31.4 Å². The molecule has 6 N–H and O–H groups in total. The van der Waals surface area contributed by atoms with Crippen LogP contribution in [0.1, 0.15) is 94.5 Å². The van der Waals surface area contributed by atoms with Gasteiger partial charge < -0.3 is 59.6 Å². The van der Waals surface area contributed by atoms with Crippen LogP contribution in [0.3, 0.4) is 0 Å². The SMILES string of the molecule is C#CC[C@@H](C(=O)N[C@H](/C=C/C(=O)OCc1ccccn1)C[C@@H]1CCNC1=O)n1cccc(NC(=O)c2cc(C)on2)c1=O.C#CC[C@H](C(=O)N[C@H](/C=C/C(=O)OCc1ccccn1)C[C@@H]1CCNC1=O)n1cccc(NC(=O)c2cc(C)on2)c1=O. The van der Waals surface area contributed by atoms with Crippen LogP contribution < -0.4 is 43.0 Å². The molecule has 2 saturated heterocycles. The number of aromatic nitrogens is 6. The average molecular weight is 1170 g/mol. The van der Waals surface area contributed by atoms with Crippen LogP contribution in [0.25, 0.3) is 0 Å². The Morgan fingerprint density at radius 2 is 1.06 bits per heavy atom. The van der Waals surface area contributed by atoms with Gasteiger partial charge in [0.25, 0.3) is 22.9 Å². The Balaban J connectivity index is 0.000000246. The second-order valence-electron chi connectivity index (χ2n) is 19.5. The van der Waals surface area contributed by atoms with Gasteiger partial charge in [0.15, 0.2) is 11.4 Å². The topological polar surface area (TPSA) is 349 Å². The average Bonchev–Trinajstić information content (AvgIpc) is 2.22. The number of hydrogen-bond acceptors (Lipinski definition) is 18. The molecule has 8 heterocycles. The quantitative estimate of drug-likeness (QED) is 0.0287. The van der Waals surface area contributed by atoms with Gasteiger partial charge in [-0.05, 0) is 88.1 Å². The van der Waals surface area contributed by atoms with E-state index in [-0.39, 0.29) is 73.5 Å². The van der Waals surface area contributed by atoms with Crippen molar-refractivity contribution >= 4 is 58.8 Å². The molecule has 444 valence electrons. The number of rotatable bonds is 24. The molecule has 6 aromatic rings. The molecule has 0 spiro atoms. The zero-order chi connectivity index (χ0) is 61.5. The highest BCUT2D eigenvalue weighted by molar-refractivity contribution is 6.03. The van der Waals surface area contributed by atoms with Crippen molar-refractivity contribution in [2.75, 3.05) is 23.7 Å². The summed E-state index contributed by atoms with van der Waals surface area (Å²) in [6.45, 7) is 4.16. The zero-order valence-electron chi connectivity index (χ0n) is 46.6. The molecule has 26 nitrogen and oxygen atoms in total. The molecule has 6 atom stereocenters. The number of amides is 6. The third kappa shape index (κ3) is 18.0. The normalized spacial score (nSPS) is 15.7. The number of carbonyl (C=O) groups is 8. The smallest absolute Gasteiger partial charge is 0.330 e. The molecule has 2 aliphatic rings. The summed E-state index contributed by atoms with van der Waals surface area (Å²) >= 11 is 0. The van der Waals surface area contributed by atoms with E-state index in [0.29, 0.717) is 48.8 Å². The second kappa shape index (κ2) is 30.9. The van der Waals surface area contributed by atoms with Gasteiger partial charge in [0.05, 0.1) is 11.4 Å². The van der Waals surface area contributed by atoms with Gasteiger partial charge in [-0.2, -0.15) is 0 Å². The minimum atomic E-state index is -1.16. The molecule has 26 heteroatoms. The lowest BCUT2D eigenvalue weighted by molar-refractivity contribution is -0.140. The molecule has 6 amide bonds. The van der Waals surface area contributed by atoms with Crippen LogP contribution in [0.5, 0.6) is 0 Å². The van der Waals surface area contributed by atoms with Crippen LogP contribution in [0.2, 0.25) is 0 Å². The van der Waals surface area contributed by atoms with Crippen LogP contribution >= 0.6 is 0 Å². The summed E-state index contributed by atoms with van der Waals surface area (Å²) in [5, 5.41) is 23.3. The lowest BCUT2D eigenvalue weighted by atomic mass is 9.97. The van der Waals surface area contributed by atoms with Crippen LogP contribution in [0.4, 0.5) is 11.4 Å². The van der Waals surface area contributed by atoms with Gasteiger partial charge >= 0.3 is 11.9 Å². The number of anilines is 2. The highest BCUT2D eigenvalue weighted by Gasteiger charge is 2.32. The number of nitrogens with one attached hydrogen (secondary N) is 6. The van der Waals surface area contributed by atoms with Crippen molar-refractivity contribution in [1.82, 2.24) is 50.7 Å². The molecule has 0 radical (unpaired) electrons. The third-order valence-corrected chi connectivity index (χ3v) is 13.2. The maximum Gasteiger partial charge on any atom is 0.330 e. The van der Waals surface area contributed by atoms with Gasteiger partial charge in [-0.1, -0.05) is 34.6 Å². The monoisotopic (exact) mass is 1170 g/mol. The molecule has 0 aliphatic carbocycles. The standard InChI is InChI=1S/2C30H30N6O7/c2*1-3-7-25(36-15-6-9-23(30(36)41)34-28(39)24-16-19(2)43-35-24)29(40)33-21(17-20-12-14-32-27(20)38)10-11-26(37)42-18-22-8-4-5-13-31-22/h2*1,4-6,8-11,13,15-16,20-21,25H,7,12,14,17-18H2,2H3,(H,32,38)(H,33,40)(H,34,39)/b2*11-10+/t20-,21+,25+;20-,21+,25-/m00/s1. The molecule has 0 bridgehead atoms. The van der Waals surface area contributed by atoms with Crippen molar-refractivity contribution in [2.45, 2.75) is 89.8 Å². The predicted molar refractivity (Wildman–Crippen MR) is 306 cm³/mol. The van der Waals surface area contributed by atoms with Crippen molar-refractivity contribution in [2.24, 2.45) is 11.8 Å². The van der Waals surface area contributed by atoms with Crippen molar-refractivity contribution in [3.8, 4) is 24.7 Å². The number of pyridine rings is 4. The maximum absolute atomic E-state index is 13.5. The molecule has 6 aromatic heterocycles. The fourth-order valence-corrected chi connectivity index (χ4v) is 8.90. The molecule has 86 heavy (non-hydrogen) atoms. The lowest BCUT2D eigenvalue weighted by Crippen LogP contribution is -2.43. The number of terminal acetylenes is 2. The summed E-state index contributed by atoms with van der Waals surface area (Å²) in [7, 11) is 0. The van der Waals surface area contributed by atoms with Crippen LogP contribution in [0, 0.1) is 50.4 Å². The van der Waals surface area contributed by atoms with Crippen LogP contribution in [-0.2, 0) is 51.5 Å². The largest absolute Gasteiger partial charge is 0.456 e. The van der Waals surface area contributed by atoms with Crippen molar-refractivity contribution in [3.05, 3.63) is 177 Å². The van der Waals surface area contributed by atoms with Gasteiger partial charge in [-0.3, -0.25) is 48.3 Å². The van der Waals surface area contributed by atoms with E-state index in [0.717, 1.165) is 9.13 Å². The Bertz CT molecular complexity index is 3450. The Morgan fingerprint density at radius 3 is 1.40 bits per heavy atom. The van der Waals surface area contributed by atoms with E-state index in [2.05, 4.69) is 64.0 Å². The molecular weight excluding hydrogens is 1110 g/mol. The van der Waals surface area contributed by atoms with E-state index in [1.165, 1.54) is 73.1 Å². The minimum Gasteiger partial charge on any atom is -0.456 e. The summed E-state index contributed by atoms with van der Waals surface area (Å²) in [4.78, 5) is 136. The Hall–Kier alpha value is -11.0. The van der Waals surface area contributed by atoms with Gasteiger partial charge in [0.2, 0.25) is 23.6 Å². The van der Waals surface area contributed by atoms with Crippen LogP contribution in [0.15, 0.2) is 141 Å². The van der Waals surface area contributed by atoms with E-state index >= 15 is 0 Å². The Kier molecular flexibility index (Phi) is 22.5. The Labute approximate surface area is 491 Å². The summed E-state index contributed by atoms with van der Waals surface area (Å²) < 4.78 is 22.5. The van der Waals surface area contributed by atoms with Crippen molar-refractivity contribution in [1.29, 1.82) is 0 Å². The van der Waals surface area contributed by atoms with Crippen molar-refractivity contribution < 1.29 is 56.9 Å². The lowest BCUT2D eigenvalue weighted by Gasteiger charge is -2.23. The molecule has 2 fully saturated rings. The number of esters is 2. The summed E-state index contributed by atoms with van der Waals surface area (Å²) in [6, 6.07) is 15.2. The first kappa shape index (κ1) is 62.6. The second-order valence-corrected chi connectivity index (χ2v) is 19.5. The van der Waals surface area contributed by atoms with E-state index in [9.17, 15) is 47.9 Å². The first-order valence-corrected chi connectivity index (χ1v) is 26.9. The first-order valence-electron chi connectivity index (χ1n) is 26.9. The van der Waals surface area contributed by atoms with Gasteiger partial charge in [0.1, 0.15) is 48.2 Å². The highest BCUT2D eigenvalue weighted by Crippen LogP contribution is 2.21. The maximum atomic E-state index is 13.5. The molecule has 0 unspecified atom stereocenters. The third-order valence-electron chi connectivity index (χ3n) is 13.2. The fraction of sp³-hybridized carbons (Fsp3) is 0.300. The molecule has 2 aliphatic heterocycles. The number of carbonyl (C=O) groups excluding carboxylic acids is 8. The summed E-state index contributed by atoms with van der Waals surface area (Å²) in [6.07, 6.45) is 23.4. The van der Waals surface area contributed by atoms with E-state index < -0.39 is 82.7 Å². The number of hydrogen-bond donors (Lipinski definition) is 6. The van der Waals surface area contributed by atoms with E-state index in [1.807, 2.05) is 0 Å². The van der Waals surface area contributed by atoms with Gasteiger partial charge in [-0.25, -0.2) is 9.59 Å². The molecule has 8 rings (SSSR count). The van der Waals surface area contributed by atoms with Crippen LogP contribution in [-0.4, -0.2) is 102 Å². The Morgan fingerprint density at radius 1 is 0.640 bits per heavy atom. The highest BCUT2D eigenvalue weighted by atomic mass is 16.5. The van der Waals surface area contributed by atoms with Crippen molar-refractivity contribution in [3.63, 3.8) is 0 Å². The van der Waals surface area contributed by atoms with Gasteiger partial charge in [0, 0.05) is 98.9 Å². The fourth-order valence-electron chi connectivity index (χ4n) is 8.90. The number of nitrogens with zero attached hydrogens (tertiary/aromatic N) is 6. The number of ether oxygens (including phenoxy) is 2. The summed E-state index contributed by atoms with van der Waals surface area (Å²) in [5.74, 6) is 0.636. The molecule has 0 saturated carbocycles. The molecule has 0 aromatic carbocycles. The minimum absolute atomic E-state index is 0.0191. The predicted octanol–water partition coefficient (Wildman–Crippen LogP) is 3.33. The van der Waals surface area contributed by atoms with E-state index in [1.54, 1.807) is 62.6 Å². The zero-order valence-corrected chi connectivity index (χ0v) is 46.6. The van der Waals surface area contributed by atoms with Gasteiger partial charge in [-0.15, -0.1) is 24.7 Å². The first-order chi connectivity index (χ1) is 41.5. The number of aryl methyl sites for hydroxylation is 2.